The minimum atomic E-state index is -0.481. The summed E-state index contributed by atoms with van der Waals surface area (Å²) in [6, 6.07) is 23.5. The van der Waals surface area contributed by atoms with Gasteiger partial charge in [0, 0.05) is 58.6 Å². The van der Waals surface area contributed by atoms with Crippen molar-refractivity contribution in [1.29, 1.82) is 0 Å². The molecule has 35 heavy (non-hydrogen) atoms. The molecule has 3 rings (SSSR count). The van der Waals surface area contributed by atoms with Gasteiger partial charge >= 0.3 is 6.09 Å². The van der Waals surface area contributed by atoms with E-state index in [0.29, 0.717) is 13.0 Å². The van der Waals surface area contributed by atoms with Gasteiger partial charge in [0.15, 0.2) is 0 Å². The molecule has 7 heteroatoms. The Morgan fingerprint density at radius 1 is 0.829 bits per heavy atom. The van der Waals surface area contributed by atoms with Crippen LogP contribution in [0.3, 0.4) is 0 Å². The molecule has 3 aromatic rings. The number of methoxy groups -OCH3 is 1. The van der Waals surface area contributed by atoms with E-state index in [9.17, 15) is 4.79 Å². The van der Waals surface area contributed by atoms with Gasteiger partial charge in [-0.25, -0.2) is 4.79 Å². The fourth-order valence-electron chi connectivity index (χ4n) is 3.48. The Hall–Kier alpha value is -3.87. The molecule has 1 unspecified atom stereocenters. The summed E-state index contributed by atoms with van der Waals surface area (Å²) in [5.74, 6) is 1.50. The van der Waals surface area contributed by atoms with Gasteiger partial charge < -0.3 is 29.3 Å². The molecule has 1 amide bonds. The summed E-state index contributed by atoms with van der Waals surface area (Å²) in [7, 11) is 9.58. The number of benzene rings is 3. The van der Waals surface area contributed by atoms with E-state index >= 15 is 0 Å². The predicted octanol–water partition coefficient (Wildman–Crippen LogP) is 4.74. The van der Waals surface area contributed by atoms with E-state index < -0.39 is 12.2 Å². The van der Waals surface area contributed by atoms with Crippen LogP contribution in [0, 0.1) is 0 Å². The smallest absolute Gasteiger partial charge is 0.407 e. The fraction of sp³-hybridized carbons (Fsp3) is 0.321. The van der Waals surface area contributed by atoms with Crippen LogP contribution in [0.2, 0.25) is 0 Å². The zero-order valence-electron chi connectivity index (χ0n) is 21.2. The normalized spacial score (nSPS) is 11.3. The van der Waals surface area contributed by atoms with E-state index in [0.717, 1.165) is 34.0 Å². The predicted molar refractivity (Wildman–Crippen MR) is 141 cm³/mol. The third-order valence-corrected chi connectivity index (χ3v) is 5.56. The van der Waals surface area contributed by atoms with E-state index in [4.69, 9.17) is 14.2 Å². The van der Waals surface area contributed by atoms with E-state index in [1.165, 1.54) is 0 Å². The number of ether oxygens (including phenoxy) is 3. The number of amides is 1. The molecule has 0 saturated carbocycles. The minimum absolute atomic E-state index is 0.230. The van der Waals surface area contributed by atoms with E-state index in [-0.39, 0.29) is 6.61 Å². The van der Waals surface area contributed by atoms with Gasteiger partial charge in [-0.15, -0.1) is 0 Å². The Morgan fingerprint density at radius 2 is 1.49 bits per heavy atom. The lowest BCUT2D eigenvalue weighted by Gasteiger charge is -2.20. The second-order valence-corrected chi connectivity index (χ2v) is 8.70. The molecular weight excluding hydrogens is 442 g/mol. The summed E-state index contributed by atoms with van der Waals surface area (Å²) in [5, 5.41) is 2.85. The molecule has 186 valence electrons. The molecule has 0 bridgehead atoms. The molecule has 0 spiro atoms. The number of hydrogen-bond acceptors (Lipinski definition) is 6. The molecule has 3 aromatic carbocycles. The fourth-order valence-corrected chi connectivity index (χ4v) is 3.48. The maximum Gasteiger partial charge on any atom is 0.407 e. The largest absolute Gasteiger partial charge is 0.497 e. The standard InChI is InChI=1S/C28H35N3O4/c1-30(2)23-13-9-22(10-14-23)19-29-28(32)35-27(17-21-11-15-25(33-5)16-12-21)20-34-26-8-6-7-24(18-26)31(3)4/h6-16,18,27H,17,19-20H2,1-5H3,(H,29,32). The second-order valence-electron chi connectivity index (χ2n) is 8.70. The Bertz CT molecular complexity index is 1070. The maximum absolute atomic E-state index is 12.6. The first-order valence-corrected chi connectivity index (χ1v) is 11.6. The summed E-state index contributed by atoms with van der Waals surface area (Å²) in [6.45, 7) is 0.612. The quantitative estimate of drug-likeness (QED) is 0.430. The molecule has 0 aromatic heterocycles. The van der Waals surface area contributed by atoms with Gasteiger partial charge in [-0.2, -0.15) is 0 Å². The first-order valence-electron chi connectivity index (χ1n) is 11.6. The van der Waals surface area contributed by atoms with Gasteiger partial charge in [-0.3, -0.25) is 0 Å². The molecule has 1 atom stereocenters. The van der Waals surface area contributed by atoms with Crippen molar-refractivity contribution in [3.63, 3.8) is 0 Å². The monoisotopic (exact) mass is 477 g/mol. The van der Waals surface area contributed by atoms with Gasteiger partial charge in [-0.05, 0) is 47.5 Å². The lowest BCUT2D eigenvalue weighted by Crippen LogP contribution is -2.33. The van der Waals surface area contributed by atoms with E-state index in [1.54, 1.807) is 7.11 Å². The average molecular weight is 478 g/mol. The highest BCUT2D eigenvalue weighted by Crippen LogP contribution is 2.21. The van der Waals surface area contributed by atoms with Crippen molar-refractivity contribution in [2.24, 2.45) is 0 Å². The molecule has 0 aliphatic heterocycles. The summed E-state index contributed by atoms with van der Waals surface area (Å²) in [6.07, 6.45) is -0.434. The Morgan fingerprint density at radius 3 is 2.11 bits per heavy atom. The number of nitrogens with zero attached hydrogens (tertiary/aromatic N) is 2. The number of alkyl carbamates (subject to hydrolysis) is 1. The molecule has 0 aliphatic carbocycles. The number of hydrogen-bond donors (Lipinski definition) is 1. The number of nitrogens with one attached hydrogen (secondary N) is 1. The van der Waals surface area contributed by atoms with Crippen molar-refractivity contribution in [3.05, 3.63) is 83.9 Å². The number of carbonyl (C=O) groups excluding carboxylic acids is 1. The van der Waals surface area contributed by atoms with Crippen LogP contribution < -0.4 is 24.6 Å². The van der Waals surface area contributed by atoms with Crippen molar-refractivity contribution in [3.8, 4) is 11.5 Å². The van der Waals surface area contributed by atoms with Crippen molar-refractivity contribution in [2.75, 3.05) is 51.7 Å². The van der Waals surface area contributed by atoms with Crippen LogP contribution in [-0.2, 0) is 17.7 Å². The molecular formula is C28H35N3O4. The van der Waals surface area contributed by atoms with Crippen LogP contribution in [0.25, 0.3) is 0 Å². The van der Waals surface area contributed by atoms with Gasteiger partial charge in [0.05, 0.1) is 7.11 Å². The average Bonchev–Trinajstić information content (AvgIpc) is 2.87. The highest BCUT2D eigenvalue weighted by molar-refractivity contribution is 5.67. The molecule has 0 aliphatic rings. The van der Waals surface area contributed by atoms with Crippen LogP contribution >= 0.6 is 0 Å². The van der Waals surface area contributed by atoms with E-state index in [1.807, 2.05) is 111 Å². The van der Waals surface area contributed by atoms with Gasteiger partial charge in [0.25, 0.3) is 0 Å². The molecule has 0 radical (unpaired) electrons. The van der Waals surface area contributed by atoms with Crippen LogP contribution in [0.4, 0.5) is 16.2 Å². The van der Waals surface area contributed by atoms with Crippen LogP contribution in [0.1, 0.15) is 11.1 Å². The third kappa shape index (κ3) is 8.14. The van der Waals surface area contributed by atoms with Crippen molar-refractivity contribution in [2.45, 2.75) is 19.1 Å². The number of anilines is 2. The number of rotatable bonds is 11. The highest BCUT2D eigenvalue weighted by atomic mass is 16.6. The Labute approximate surface area is 208 Å². The molecule has 0 fully saturated rings. The lowest BCUT2D eigenvalue weighted by molar-refractivity contribution is 0.0649. The Balaban J connectivity index is 1.63. The first-order chi connectivity index (χ1) is 16.8. The third-order valence-electron chi connectivity index (χ3n) is 5.56. The first kappa shape index (κ1) is 25.7. The summed E-state index contributed by atoms with van der Waals surface area (Å²) in [5.41, 5.74) is 4.16. The van der Waals surface area contributed by atoms with Crippen molar-refractivity contribution < 1.29 is 19.0 Å². The van der Waals surface area contributed by atoms with Crippen molar-refractivity contribution in [1.82, 2.24) is 5.32 Å². The highest BCUT2D eigenvalue weighted by Gasteiger charge is 2.17. The summed E-state index contributed by atoms with van der Waals surface area (Å²) in [4.78, 5) is 16.7. The maximum atomic E-state index is 12.6. The molecule has 7 nitrogen and oxygen atoms in total. The van der Waals surface area contributed by atoms with Gasteiger partial charge in [-0.1, -0.05) is 30.3 Å². The van der Waals surface area contributed by atoms with Crippen LogP contribution in [-0.4, -0.2) is 54.1 Å². The molecule has 1 N–H and O–H groups in total. The summed E-state index contributed by atoms with van der Waals surface area (Å²) < 4.78 is 17.0. The number of carbonyl (C=O) groups is 1. The van der Waals surface area contributed by atoms with Crippen LogP contribution in [0.15, 0.2) is 72.8 Å². The minimum Gasteiger partial charge on any atom is -0.497 e. The van der Waals surface area contributed by atoms with E-state index in [2.05, 4.69) is 5.32 Å². The van der Waals surface area contributed by atoms with Crippen LogP contribution in [0.5, 0.6) is 11.5 Å². The lowest BCUT2D eigenvalue weighted by atomic mass is 10.1. The zero-order chi connectivity index (χ0) is 25.2. The van der Waals surface area contributed by atoms with Crippen molar-refractivity contribution >= 4 is 17.5 Å². The summed E-state index contributed by atoms with van der Waals surface area (Å²) >= 11 is 0. The second kappa shape index (κ2) is 12.6. The molecule has 0 saturated heterocycles. The van der Waals surface area contributed by atoms with Gasteiger partial charge in [0.2, 0.25) is 0 Å². The SMILES string of the molecule is COc1ccc(CC(COc2cccc(N(C)C)c2)OC(=O)NCc2ccc(N(C)C)cc2)cc1. The zero-order valence-corrected chi connectivity index (χ0v) is 21.2. The molecule has 0 heterocycles. The van der Waals surface area contributed by atoms with Gasteiger partial charge in [0.1, 0.15) is 24.2 Å². The Kier molecular flexibility index (Phi) is 9.23. The topological polar surface area (TPSA) is 63.3 Å².